The molecule has 7 heteroatoms. The van der Waals surface area contributed by atoms with Crippen molar-refractivity contribution in [1.82, 2.24) is 4.90 Å². The summed E-state index contributed by atoms with van der Waals surface area (Å²) >= 11 is 1.41. The van der Waals surface area contributed by atoms with Gasteiger partial charge < -0.3 is 4.90 Å². The number of sulfone groups is 1. The third kappa shape index (κ3) is 2.56. The van der Waals surface area contributed by atoms with Crippen LogP contribution in [0.25, 0.3) is 0 Å². The van der Waals surface area contributed by atoms with E-state index < -0.39 is 15.3 Å². The first kappa shape index (κ1) is 13.9. The molecule has 2 rings (SSSR count). The molecule has 18 heavy (non-hydrogen) atoms. The van der Waals surface area contributed by atoms with Gasteiger partial charge in [0.25, 0.3) is 5.91 Å². The van der Waals surface area contributed by atoms with Gasteiger partial charge in [-0.05, 0) is 0 Å². The standard InChI is InChI=1S/C11H18N2O3S2/c1-11(2,3)9(14)12-10-13(4)7-5-18(15,16)6-8(7)17-10/h7-8H,5-6H2,1-4H3/t7-,8+/m1/s1. The Labute approximate surface area is 112 Å². The number of amidine groups is 1. The van der Waals surface area contributed by atoms with E-state index in [1.54, 1.807) is 0 Å². The number of carbonyl (C=O) groups is 1. The fourth-order valence-corrected chi connectivity index (χ4v) is 5.99. The van der Waals surface area contributed by atoms with Gasteiger partial charge in [-0.25, -0.2) is 8.42 Å². The second-order valence-corrected chi connectivity index (χ2v) is 9.22. The van der Waals surface area contributed by atoms with E-state index in [9.17, 15) is 13.2 Å². The first-order valence-corrected chi connectivity index (χ1v) is 8.53. The normalized spacial score (nSPS) is 32.9. The lowest BCUT2D eigenvalue weighted by atomic mass is 9.96. The minimum atomic E-state index is -2.92. The van der Waals surface area contributed by atoms with E-state index >= 15 is 0 Å². The highest BCUT2D eigenvalue weighted by Gasteiger charge is 2.47. The first-order chi connectivity index (χ1) is 8.10. The Bertz CT molecular complexity index is 505. The Kier molecular flexibility index (Phi) is 3.26. The molecule has 0 aromatic heterocycles. The minimum absolute atomic E-state index is 0.0199. The molecular formula is C11H18N2O3S2. The number of fused-ring (bicyclic) bond motifs is 1. The van der Waals surface area contributed by atoms with E-state index in [0.717, 1.165) is 0 Å². The highest BCUT2D eigenvalue weighted by atomic mass is 32.2. The topological polar surface area (TPSA) is 66.8 Å². The second-order valence-electron chi connectivity index (χ2n) is 5.86. The highest BCUT2D eigenvalue weighted by Crippen LogP contribution is 2.37. The Morgan fingerprint density at radius 1 is 1.39 bits per heavy atom. The molecule has 102 valence electrons. The maximum atomic E-state index is 11.9. The number of aliphatic imine (C=N–C) groups is 1. The van der Waals surface area contributed by atoms with Crippen LogP contribution < -0.4 is 0 Å². The number of amides is 1. The number of hydrogen-bond acceptors (Lipinski definition) is 4. The predicted octanol–water partition coefficient (Wildman–Crippen LogP) is 0.759. The van der Waals surface area contributed by atoms with Crippen molar-refractivity contribution >= 4 is 32.7 Å². The molecule has 0 bridgehead atoms. The summed E-state index contributed by atoms with van der Waals surface area (Å²) in [7, 11) is -1.11. The second kappa shape index (κ2) is 4.23. The van der Waals surface area contributed by atoms with Crippen molar-refractivity contribution in [1.29, 1.82) is 0 Å². The molecule has 0 saturated carbocycles. The van der Waals surface area contributed by atoms with E-state index in [1.165, 1.54) is 11.8 Å². The van der Waals surface area contributed by atoms with E-state index in [-0.39, 0.29) is 28.7 Å². The summed E-state index contributed by atoms with van der Waals surface area (Å²) in [5, 5.41) is 0.673. The fraction of sp³-hybridized carbons (Fsp3) is 0.818. The van der Waals surface area contributed by atoms with Crippen molar-refractivity contribution in [3.63, 3.8) is 0 Å². The van der Waals surface area contributed by atoms with E-state index in [1.807, 2.05) is 32.7 Å². The molecule has 2 saturated heterocycles. The van der Waals surface area contributed by atoms with Crippen LogP contribution in [0.4, 0.5) is 0 Å². The van der Waals surface area contributed by atoms with Crippen LogP contribution >= 0.6 is 11.8 Å². The van der Waals surface area contributed by atoms with Crippen LogP contribution in [0.1, 0.15) is 20.8 Å². The molecular weight excluding hydrogens is 272 g/mol. The number of thioether (sulfide) groups is 1. The van der Waals surface area contributed by atoms with E-state index in [2.05, 4.69) is 4.99 Å². The quantitative estimate of drug-likeness (QED) is 0.659. The molecule has 2 fully saturated rings. The fourth-order valence-electron chi connectivity index (χ4n) is 1.99. The van der Waals surface area contributed by atoms with Gasteiger partial charge in [-0.1, -0.05) is 32.5 Å². The van der Waals surface area contributed by atoms with Crippen molar-refractivity contribution in [2.24, 2.45) is 10.4 Å². The zero-order valence-electron chi connectivity index (χ0n) is 11.0. The molecule has 0 aromatic carbocycles. The molecule has 2 heterocycles. The first-order valence-electron chi connectivity index (χ1n) is 5.83. The van der Waals surface area contributed by atoms with Crippen molar-refractivity contribution in [3.8, 4) is 0 Å². The Hall–Kier alpha value is -0.560. The van der Waals surface area contributed by atoms with Crippen molar-refractivity contribution < 1.29 is 13.2 Å². The lowest BCUT2D eigenvalue weighted by Crippen LogP contribution is -2.34. The van der Waals surface area contributed by atoms with Crippen molar-refractivity contribution in [3.05, 3.63) is 0 Å². The lowest BCUT2D eigenvalue weighted by molar-refractivity contribution is -0.124. The molecule has 0 aliphatic carbocycles. The summed E-state index contributed by atoms with van der Waals surface area (Å²) in [6.45, 7) is 5.47. The van der Waals surface area contributed by atoms with E-state index in [4.69, 9.17) is 0 Å². The van der Waals surface area contributed by atoms with Gasteiger partial charge in [0.15, 0.2) is 15.0 Å². The zero-order valence-corrected chi connectivity index (χ0v) is 12.6. The molecule has 0 spiro atoms. The molecule has 0 aromatic rings. The van der Waals surface area contributed by atoms with Gasteiger partial charge in [-0.2, -0.15) is 4.99 Å². The van der Waals surface area contributed by atoms with Crippen LogP contribution in [-0.4, -0.2) is 54.2 Å². The van der Waals surface area contributed by atoms with Gasteiger partial charge in [0, 0.05) is 17.7 Å². The predicted molar refractivity (Wildman–Crippen MR) is 73.5 cm³/mol. The van der Waals surface area contributed by atoms with Crippen LogP contribution in [-0.2, 0) is 14.6 Å². The maximum Gasteiger partial charge on any atom is 0.253 e. The average molecular weight is 290 g/mol. The van der Waals surface area contributed by atoms with Gasteiger partial charge in [0.1, 0.15) is 0 Å². The average Bonchev–Trinajstić information content (AvgIpc) is 2.61. The van der Waals surface area contributed by atoms with Crippen LogP contribution in [0.3, 0.4) is 0 Å². The smallest absolute Gasteiger partial charge is 0.253 e. The number of nitrogens with zero attached hydrogens (tertiary/aromatic N) is 2. The van der Waals surface area contributed by atoms with Crippen LogP contribution in [0.5, 0.6) is 0 Å². The molecule has 0 N–H and O–H groups in total. The lowest BCUT2D eigenvalue weighted by Gasteiger charge is -2.19. The van der Waals surface area contributed by atoms with Gasteiger partial charge in [0.05, 0.1) is 17.5 Å². The number of hydrogen-bond donors (Lipinski definition) is 0. The Morgan fingerprint density at radius 2 is 2.00 bits per heavy atom. The number of rotatable bonds is 0. The summed E-state index contributed by atoms with van der Waals surface area (Å²) in [5.74, 6) is 0.193. The Morgan fingerprint density at radius 3 is 2.50 bits per heavy atom. The molecule has 2 aliphatic rings. The minimum Gasteiger partial charge on any atom is -0.349 e. The summed E-state index contributed by atoms with van der Waals surface area (Å²) in [5.41, 5.74) is -0.502. The summed E-state index contributed by atoms with van der Waals surface area (Å²) < 4.78 is 23.1. The van der Waals surface area contributed by atoms with Crippen LogP contribution in [0.2, 0.25) is 0 Å². The molecule has 0 unspecified atom stereocenters. The summed E-state index contributed by atoms with van der Waals surface area (Å²) in [4.78, 5) is 17.8. The summed E-state index contributed by atoms with van der Waals surface area (Å²) in [6, 6.07) is -0.0356. The van der Waals surface area contributed by atoms with E-state index in [0.29, 0.717) is 5.17 Å². The molecule has 2 atom stereocenters. The molecule has 0 radical (unpaired) electrons. The van der Waals surface area contributed by atoms with Crippen LogP contribution in [0, 0.1) is 5.41 Å². The van der Waals surface area contributed by atoms with Crippen LogP contribution in [0.15, 0.2) is 4.99 Å². The SMILES string of the molecule is CN1C(=NC(=O)C(C)(C)C)S[C@H]2CS(=O)(=O)C[C@H]21. The van der Waals surface area contributed by atoms with Gasteiger partial charge in [-0.3, -0.25) is 4.79 Å². The molecule has 1 amide bonds. The third-order valence-corrected chi connectivity index (χ3v) is 6.47. The third-order valence-electron chi connectivity index (χ3n) is 3.17. The molecule has 5 nitrogen and oxygen atoms in total. The zero-order chi connectivity index (χ0) is 13.7. The maximum absolute atomic E-state index is 11.9. The largest absolute Gasteiger partial charge is 0.349 e. The van der Waals surface area contributed by atoms with Crippen molar-refractivity contribution in [2.45, 2.75) is 32.1 Å². The van der Waals surface area contributed by atoms with Gasteiger partial charge >= 0.3 is 0 Å². The number of carbonyl (C=O) groups excluding carboxylic acids is 1. The Balaban J connectivity index is 2.18. The van der Waals surface area contributed by atoms with Gasteiger partial charge in [-0.15, -0.1) is 0 Å². The monoisotopic (exact) mass is 290 g/mol. The van der Waals surface area contributed by atoms with Gasteiger partial charge in [0.2, 0.25) is 0 Å². The highest BCUT2D eigenvalue weighted by molar-refractivity contribution is 8.15. The molecule has 2 aliphatic heterocycles. The van der Waals surface area contributed by atoms with Crippen molar-refractivity contribution in [2.75, 3.05) is 18.6 Å². The summed E-state index contributed by atoms with van der Waals surface area (Å²) in [6.07, 6.45) is 0.